The standard InChI is InChI=1S/C27H15FNO.C14H16NSi.Ir/c28-21-14-23(17-6-2-1-3-7-17)27-22-11-10-19(13-25(22)30-26(27)15-21)24-12-18-8-4-5-9-20(18)16-29-24;1-16(2,3)13-9-10-14(15-11-13)12-7-5-4-6-8-12;/h1-12,14-16H;4-7,9-11H,1-3H3;/q2*-1;. The molecule has 5 aromatic carbocycles. The average molecular weight is 807 g/mol. The molecule has 8 aromatic rings. The van der Waals surface area contributed by atoms with Crippen LogP contribution in [0.4, 0.5) is 4.39 Å². The maximum atomic E-state index is 14.3. The number of fused-ring (bicyclic) bond motifs is 4. The number of furan rings is 1. The molecule has 6 heteroatoms. The molecule has 1 radical (unpaired) electrons. The van der Waals surface area contributed by atoms with E-state index in [1.807, 2.05) is 103 Å². The largest absolute Gasteiger partial charge is 0.476 e. The summed E-state index contributed by atoms with van der Waals surface area (Å²) in [7, 11) is -1.23. The predicted octanol–water partition coefficient (Wildman–Crippen LogP) is 10.5. The Balaban J connectivity index is 0.000000194. The van der Waals surface area contributed by atoms with Gasteiger partial charge < -0.3 is 14.4 Å². The van der Waals surface area contributed by atoms with Crippen LogP contribution in [0.25, 0.3) is 66.4 Å². The molecule has 3 aromatic heterocycles. The van der Waals surface area contributed by atoms with Gasteiger partial charge in [-0.05, 0) is 49.9 Å². The summed E-state index contributed by atoms with van der Waals surface area (Å²) < 4.78 is 20.3. The summed E-state index contributed by atoms with van der Waals surface area (Å²) in [6.45, 7) is 7.00. The number of nitrogens with zero attached hydrogens (tertiary/aromatic N) is 2. The van der Waals surface area contributed by atoms with E-state index in [-0.39, 0.29) is 25.9 Å². The molecule has 0 fully saturated rings. The monoisotopic (exact) mass is 807 g/mol. The minimum Gasteiger partial charge on any atom is -0.476 e. The molecule has 3 nitrogen and oxygen atoms in total. The van der Waals surface area contributed by atoms with Gasteiger partial charge in [0.2, 0.25) is 0 Å². The van der Waals surface area contributed by atoms with Gasteiger partial charge in [-0.25, -0.2) is 4.39 Å². The molecule has 47 heavy (non-hydrogen) atoms. The van der Waals surface area contributed by atoms with Crippen molar-refractivity contribution >= 4 is 46.0 Å². The van der Waals surface area contributed by atoms with E-state index in [4.69, 9.17) is 4.42 Å². The van der Waals surface area contributed by atoms with Gasteiger partial charge in [-0.15, -0.1) is 53.6 Å². The van der Waals surface area contributed by atoms with Crippen molar-refractivity contribution in [2.75, 3.05) is 0 Å². The molecule has 0 aliphatic rings. The van der Waals surface area contributed by atoms with Crippen LogP contribution < -0.4 is 5.19 Å². The molecule has 233 valence electrons. The fourth-order valence-corrected chi connectivity index (χ4v) is 6.61. The van der Waals surface area contributed by atoms with Gasteiger partial charge in [0.25, 0.3) is 0 Å². The van der Waals surface area contributed by atoms with Crippen molar-refractivity contribution in [2.24, 2.45) is 0 Å². The van der Waals surface area contributed by atoms with Crippen molar-refractivity contribution in [3.8, 4) is 33.6 Å². The number of hydrogen-bond donors (Lipinski definition) is 0. The zero-order valence-corrected chi connectivity index (χ0v) is 29.6. The molecule has 0 saturated carbocycles. The van der Waals surface area contributed by atoms with Gasteiger partial charge in [0.05, 0.1) is 13.7 Å². The smallest absolute Gasteiger partial charge is 0.127 e. The Labute approximate surface area is 288 Å². The van der Waals surface area contributed by atoms with Crippen LogP contribution in [0.2, 0.25) is 19.6 Å². The topological polar surface area (TPSA) is 38.9 Å². The molecule has 0 unspecified atom stereocenters. The fourth-order valence-electron chi connectivity index (χ4n) is 5.58. The van der Waals surface area contributed by atoms with E-state index in [1.165, 1.54) is 11.3 Å². The number of hydrogen-bond acceptors (Lipinski definition) is 3. The Morgan fingerprint density at radius 2 is 1.43 bits per heavy atom. The maximum Gasteiger partial charge on any atom is 0.127 e. The van der Waals surface area contributed by atoms with Gasteiger partial charge in [0, 0.05) is 38.6 Å². The van der Waals surface area contributed by atoms with Crippen molar-refractivity contribution in [2.45, 2.75) is 19.6 Å². The second-order valence-corrected chi connectivity index (χ2v) is 17.4. The van der Waals surface area contributed by atoms with E-state index in [1.54, 1.807) is 6.07 Å². The molecular weight excluding hydrogens is 776 g/mol. The molecule has 3 heterocycles. The third kappa shape index (κ3) is 6.86. The summed E-state index contributed by atoms with van der Waals surface area (Å²) in [5, 5.41) is 5.41. The minimum atomic E-state index is -1.23. The SMILES string of the molecule is C[Si](C)(C)c1ccc(-c2[c-]cccc2)nc1.Fc1cc(-c2ccccc2)c2c(c1)oc1[c-]c(-c3cc4ccccc4cn3)ccc12.[Ir]. The van der Waals surface area contributed by atoms with Gasteiger partial charge in [0.1, 0.15) is 11.4 Å². The molecule has 0 spiro atoms. The number of pyridine rings is 2. The third-order valence-electron chi connectivity index (χ3n) is 8.06. The number of rotatable bonds is 4. The zero-order chi connectivity index (χ0) is 31.7. The summed E-state index contributed by atoms with van der Waals surface area (Å²) in [5.41, 5.74) is 6.61. The van der Waals surface area contributed by atoms with Gasteiger partial charge in [0.15, 0.2) is 0 Å². The van der Waals surface area contributed by atoms with E-state index >= 15 is 0 Å². The summed E-state index contributed by atoms with van der Waals surface area (Å²) in [6, 6.07) is 45.7. The van der Waals surface area contributed by atoms with Gasteiger partial charge >= 0.3 is 0 Å². The first-order valence-electron chi connectivity index (χ1n) is 15.3. The Hall–Kier alpha value is -4.74. The fraction of sp³-hybridized carbons (Fsp3) is 0.0732. The predicted molar refractivity (Wildman–Crippen MR) is 190 cm³/mol. The van der Waals surface area contributed by atoms with Gasteiger partial charge in [-0.3, -0.25) is 0 Å². The number of aromatic nitrogens is 2. The normalized spacial score (nSPS) is 11.2. The van der Waals surface area contributed by atoms with Crippen LogP contribution in [-0.4, -0.2) is 18.0 Å². The summed E-state index contributed by atoms with van der Waals surface area (Å²) in [5.74, 6) is -0.322. The Morgan fingerprint density at radius 3 is 2.15 bits per heavy atom. The molecule has 0 atom stereocenters. The van der Waals surface area contributed by atoms with Crippen molar-refractivity contribution < 1.29 is 28.9 Å². The van der Waals surface area contributed by atoms with E-state index in [0.717, 1.165) is 55.2 Å². The molecule has 0 bridgehead atoms. The van der Waals surface area contributed by atoms with Crippen LogP contribution in [0.1, 0.15) is 0 Å². The quantitative estimate of drug-likeness (QED) is 0.131. The van der Waals surface area contributed by atoms with Crippen molar-refractivity contribution in [1.82, 2.24) is 9.97 Å². The summed E-state index contributed by atoms with van der Waals surface area (Å²) >= 11 is 0. The van der Waals surface area contributed by atoms with Crippen molar-refractivity contribution in [3.05, 3.63) is 152 Å². The first kappa shape index (κ1) is 32.2. The molecule has 0 aliphatic heterocycles. The van der Waals surface area contributed by atoms with E-state index in [0.29, 0.717) is 11.2 Å². The van der Waals surface area contributed by atoms with Crippen molar-refractivity contribution in [1.29, 1.82) is 0 Å². The molecular formula is C41H31FIrN2OSi-2. The molecule has 0 amide bonds. The van der Waals surface area contributed by atoms with E-state index < -0.39 is 8.07 Å². The van der Waals surface area contributed by atoms with Gasteiger partial charge in [-0.1, -0.05) is 104 Å². The molecule has 0 aliphatic carbocycles. The van der Waals surface area contributed by atoms with E-state index in [9.17, 15) is 4.39 Å². The third-order valence-corrected chi connectivity index (χ3v) is 10.1. The van der Waals surface area contributed by atoms with Crippen LogP contribution in [0, 0.1) is 17.9 Å². The van der Waals surface area contributed by atoms with Gasteiger partial charge in [-0.2, -0.15) is 0 Å². The molecule has 8 rings (SSSR count). The van der Waals surface area contributed by atoms with Crippen LogP contribution in [0.15, 0.2) is 138 Å². The first-order chi connectivity index (χ1) is 22.3. The number of halogens is 1. The van der Waals surface area contributed by atoms with Crippen LogP contribution in [0.3, 0.4) is 0 Å². The van der Waals surface area contributed by atoms with Crippen LogP contribution in [-0.2, 0) is 20.1 Å². The zero-order valence-electron chi connectivity index (χ0n) is 26.2. The summed E-state index contributed by atoms with van der Waals surface area (Å²) in [6.07, 6.45) is 3.88. The first-order valence-corrected chi connectivity index (χ1v) is 18.8. The number of benzene rings is 5. The second-order valence-electron chi connectivity index (χ2n) is 12.3. The molecule has 0 saturated heterocycles. The Bertz CT molecular complexity index is 2300. The maximum absolute atomic E-state index is 14.3. The Morgan fingerprint density at radius 1 is 0.681 bits per heavy atom. The van der Waals surface area contributed by atoms with Crippen molar-refractivity contribution in [3.63, 3.8) is 0 Å². The Kier molecular flexibility index (Phi) is 9.28. The van der Waals surface area contributed by atoms with Crippen LogP contribution in [0.5, 0.6) is 0 Å². The molecule has 0 N–H and O–H groups in total. The average Bonchev–Trinajstić information content (AvgIpc) is 3.46. The van der Waals surface area contributed by atoms with Crippen LogP contribution >= 0.6 is 0 Å². The minimum absolute atomic E-state index is 0. The second kappa shape index (κ2) is 13.5. The summed E-state index contributed by atoms with van der Waals surface area (Å²) in [4.78, 5) is 9.10. The van der Waals surface area contributed by atoms with E-state index in [2.05, 4.69) is 59.9 Å².